The van der Waals surface area contributed by atoms with Gasteiger partial charge in [0, 0.05) is 13.1 Å². The van der Waals surface area contributed by atoms with Crippen LogP contribution in [0.3, 0.4) is 0 Å². The van der Waals surface area contributed by atoms with Gasteiger partial charge in [-0.05, 0) is 36.5 Å². The van der Waals surface area contributed by atoms with Crippen LogP contribution in [0.4, 0.5) is 13.2 Å². The molecular formula is C14H18F3NO2. The van der Waals surface area contributed by atoms with Crippen molar-refractivity contribution in [1.82, 2.24) is 5.32 Å². The summed E-state index contributed by atoms with van der Waals surface area (Å²) in [7, 11) is 0. The molecule has 0 spiro atoms. The molecule has 3 nitrogen and oxygen atoms in total. The molecule has 1 aliphatic rings. The molecule has 1 saturated carbocycles. The van der Waals surface area contributed by atoms with Gasteiger partial charge < -0.3 is 15.2 Å². The van der Waals surface area contributed by atoms with E-state index in [4.69, 9.17) is 0 Å². The van der Waals surface area contributed by atoms with E-state index in [0.717, 1.165) is 24.8 Å². The Morgan fingerprint density at radius 2 is 2.10 bits per heavy atom. The van der Waals surface area contributed by atoms with Crippen molar-refractivity contribution >= 4 is 0 Å². The number of aliphatic hydroxyl groups is 1. The largest absolute Gasteiger partial charge is 0.573 e. The van der Waals surface area contributed by atoms with E-state index in [2.05, 4.69) is 10.1 Å². The van der Waals surface area contributed by atoms with Gasteiger partial charge in [0.05, 0.1) is 6.10 Å². The summed E-state index contributed by atoms with van der Waals surface area (Å²) in [6, 6.07) is 5.91. The van der Waals surface area contributed by atoms with E-state index in [1.165, 1.54) is 18.2 Å². The van der Waals surface area contributed by atoms with Crippen LogP contribution in [0, 0.1) is 5.92 Å². The van der Waals surface area contributed by atoms with Crippen molar-refractivity contribution in [3.63, 3.8) is 0 Å². The van der Waals surface area contributed by atoms with Crippen LogP contribution < -0.4 is 10.1 Å². The molecule has 2 N–H and O–H groups in total. The van der Waals surface area contributed by atoms with Crippen molar-refractivity contribution in [3.8, 4) is 5.75 Å². The van der Waals surface area contributed by atoms with Crippen LogP contribution in [0.15, 0.2) is 24.3 Å². The molecule has 0 bridgehead atoms. The molecule has 0 radical (unpaired) electrons. The van der Waals surface area contributed by atoms with Crippen LogP contribution in [0.2, 0.25) is 0 Å². The van der Waals surface area contributed by atoms with Crippen molar-refractivity contribution in [2.75, 3.05) is 6.54 Å². The van der Waals surface area contributed by atoms with Gasteiger partial charge in [0.2, 0.25) is 0 Å². The van der Waals surface area contributed by atoms with E-state index in [1.54, 1.807) is 6.07 Å². The number of nitrogens with one attached hydrogen (secondary N) is 1. The lowest BCUT2D eigenvalue weighted by molar-refractivity contribution is -0.274. The number of benzene rings is 1. The molecule has 1 aliphatic carbocycles. The molecule has 0 aromatic heterocycles. The number of hydrogen-bond donors (Lipinski definition) is 2. The smallest absolute Gasteiger partial charge is 0.406 e. The van der Waals surface area contributed by atoms with Gasteiger partial charge in [-0.25, -0.2) is 0 Å². The SMILES string of the molecule is OC1CCCC1CNCc1cccc(OC(F)(F)F)c1. The van der Waals surface area contributed by atoms with Gasteiger partial charge >= 0.3 is 6.36 Å². The maximum atomic E-state index is 12.1. The quantitative estimate of drug-likeness (QED) is 0.876. The van der Waals surface area contributed by atoms with Crippen molar-refractivity contribution in [2.45, 2.75) is 38.3 Å². The van der Waals surface area contributed by atoms with Gasteiger partial charge in [0.1, 0.15) is 5.75 Å². The minimum absolute atomic E-state index is 0.210. The fraction of sp³-hybridized carbons (Fsp3) is 0.571. The molecule has 6 heteroatoms. The van der Waals surface area contributed by atoms with Gasteiger partial charge in [-0.1, -0.05) is 18.6 Å². The van der Waals surface area contributed by atoms with Crippen molar-refractivity contribution in [2.24, 2.45) is 5.92 Å². The Labute approximate surface area is 115 Å². The highest BCUT2D eigenvalue weighted by Gasteiger charge is 2.31. The average molecular weight is 289 g/mol. The highest BCUT2D eigenvalue weighted by atomic mass is 19.4. The summed E-state index contributed by atoms with van der Waals surface area (Å²) in [4.78, 5) is 0. The third-order valence-corrected chi connectivity index (χ3v) is 3.49. The summed E-state index contributed by atoms with van der Waals surface area (Å²) in [5, 5.41) is 12.8. The number of aliphatic hydroxyl groups excluding tert-OH is 1. The summed E-state index contributed by atoms with van der Waals surface area (Å²) >= 11 is 0. The first-order valence-corrected chi connectivity index (χ1v) is 6.67. The first kappa shape index (κ1) is 15.1. The van der Waals surface area contributed by atoms with Crippen LogP contribution >= 0.6 is 0 Å². The average Bonchev–Trinajstić information content (AvgIpc) is 2.73. The summed E-state index contributed by atoms with van der Waals surface area (Å²) in [5.74, 6) is 0.0299. The number of rotatable bonds is 5. The second-order valence-corrected chi connectivity index (χ2v) is 5.08. The summed E-state index contributed by atoms with van der Waals surface area (Å²) in [6.45, 7) is 1.13. The lowest BCUT2D eigenvalue weighted by Gasteiger charge is -2.15. The molecule has 0 heterocycles. The second-order valence-electron chi connectivity index (χ2n) is 5.08. The number of ether oxygens (including phenoxy) is 1. The lowest BCUT2D eigenvalue weighted by Crippen LogP contribution is -2.27. The zero-order valence-corrected chi connectivity index (χ0v) is 11.0. The van der Waals surface area contributed by atoms with Gasteiger partial charge in [0.25, 0.3) is 0 Å². The molecule has 2 rings (SSSR count). The Balaban J connectivity index is 1.82. The maximum Gasteiger partial charge on any atom is 0.573 e. The standard InChI is InChI=1S/C14H18F3NO2/c15-14(16,17)20-12-5-1-3-10(7-12)8-18-9-11-4-2-6-13(11)19/h1,3,5,7,11,13,18-19H,2,4,6,8-9H2. The molecular weight excluding hydrogens is 271 g/mol. The van der Waals surface area contributed by atoms with E-state index in [-0.39, 0.29) is 17.8 Å². The fourth-order valence-corrected chi connectivity index (χ4v) is 2.51. The molecule has 0 amide bonds. The zero-order chi connectivity index (χ0) is 14.6. The predicted molar refractivity (Wildman–Crippen MR) is 68.2 cm³/mol. The summed E-state index contributed by atoms with van der Waals surface area (Å²) < 4.78 is 40.2. The van der Waals surface area contributed by atoms with E-state index >= 15 is 0 Å². The minimum atomic E-state index is -4.67. The van der Waals surface area contributed by atoms with Crippen molar-refractivity contribution in [1.29, 1.82) is 0 Å². The molecule has 112 valence electrons. The highest BCUT2D eigenvalue weighted by molar-refractivity contribution is 5.28. The Bertz CT molecular complexity index is 437. The van der Waals surface area contributed by atoms with Gasteiger partial charge in [-0.2, -0.15) is 0 Å². The summed E-state index contributed by atoms with van der Waals surface area (Å²) in [6.07, 6.45) is -2.07. The number of hydrogen-bond acceptors (Lipinski definition) is 3. The van der Waals surface area contributed by atoms with Crippen LogP contribution in [0.5, 0.6) is 5.75 Å². The van der Waals surface area contributed by atoms with Crippen LogP contribution in [0.1, 0.15) is 24.8 Å². The first-order valence-electron chi connectivity index (χ1n) is 6.67. The van der Waals surface area contributed by atoms with Crippen molar-refractivity contribution < 1.29 is 23.0 Å². The highest BCUT2D eigenvalue weighted by Crippen LogP contribution is 2.25. The van der Waals surface area contributed by atoms with Gasteiger partial charge in [-0.3, -0.25) is 0 Å². The first-order chi connectivity index (χ1) is 9.44. The second kappa shape index (κ2) is 6.45. The molecule has 20 heavy (non-hydrogen) atoms. The van der Waals surface area contributed by atoms with E-state index in [1.807, 2.05) is 0 Å². The predicted octanol–water partition coefficient (Wildman–Crippen LogP) is 2.84. The third kappa shape index (κ3) is 4.68. The number of halogens is 3. The molecule has 2 unspecified atom stereocenters. The van der Waals surface area contributed by atoms with Crippen LogP contribution in [-0.2, 0) is 6.54 Å². The monoisotopic (exact) mass is 289 g/mol. The Hall–Kier alpha value is -1.27. The topological polar surface area (TPSA) is 41.5 Å². The van der Waals surface area contributed by atoms with Crippen LogP contribution in [-0.4, -0.2) is 24.1 Å². The molecule has 0 saturated heterocycles. The molecule has 1 aromatic carbocycles. The summed E-state index contributed by atoms with van der Waals surface area (Å²) in [5.41, 5.74) is 0.722. The molecule has 0 aliphatic heterocycles. The third-order valence-electron chi connectivity index (χ3n) is 3.49. The van der Waals surface area contributed by atoms with E-state index in [0.29, 0.717) is 13.1 Å². The maximum absolute atomic E-state index is 12.1. The Morgan fingerprint density at radius 3 is 2.75 bits per heavy atom. The molecule has 2 atom stereocenters. The van der Waals surface area contributed by atoms with E-state index in [9.17, 15) is 18.3 Å². The minimum Gasteiger partial charge on any atom is -0.406 e. The molecule has 1 fully saturated rings. The van der Waals surface area contributed by atoms with Gasteiger partial charge in [-0.15, -0.1) is 13.2 Å². The zero-order valence-electron chi connectivity index (χ0n) is 11.0. The Morgan fingerprint density at radius 1 is 1.30 bits per heavy atom. The normalized spacial score (nSPS) is 23.0. The lowest BCUT2D eigenvalue weighted by atomic mass is 10.1. The van der Waals surface area contributed by atoms with Crippen LogP contribution in [0.25, 0.3) is 0 Å². The van der Waals surface area contributed by atoms with Gasteiger partial charge in [0.15, 0.2) is 0 Å². The van der Waals surface area contributed by atoms with Crippen molar-refractivity contribution in [3.05, 3.63) is 29.8 Å². The number of alkyl halides is 3. The van der Waals surface area contributed by atoms with E-state index < -0.39 is 6.36 Å². The fourth-order valence-electron chi connectivity index (χ4n) is 2.51. The molecule has 1 aromatic rings. The Kier molecular flexibility index (Phi) is 4.88.